The molecule has 0 aromatic carbocycles. The number of hydrogen-bond donors (Lipinski definition) is 0. The van der Waals surface area contributed by atoms with E-state index in [0.717, 1.165) is 15.8 Å². The van der Waals surface area contributed by atoms with Crippen LogP contribution in [0.1, 0.15) is 11.4 Å². The largest absolute Gasteiger partial charge is 0.469 e. The molecule has 0 N–H and O–H groups in total. The second-order valence-electron chi connectivity index (χ2n) is 3.48. The summed E-state index contributed by atoms with van der Waals surface area (Å²) in [6.45, 7) is 1.99. The maximum absolute atomic E-state index is 11.1. The number of hydrogen-bond acceptors (Lipinski definition) is 3. The lowest BCUT2D eigenvalue weighted by Crippen LogP contribution is -2.04. The van der Waals surface area contributed by atoms with Crippen molar-refractivity contribution in [2.75, 3.05) is 7.11 Å². The van der Waals surface area contributed by atoms with Crippen LogP contribution in [0, 0.1) is 6.92 Å². The number of halogens is 1. The molecule has 0 atom stereocenters. The van der Waals surface area contributed by atoms with Gasteiger partial charge in [-0.1, -0.05) is 0 Å². The predicted molar refractivity (Wildman–Crippen MR) is 63.3 cm³/mol. The topological polar surface area (TPSA) is 43.6 Å². The standard InChI is InChI=1S/C11H11BrN2O2/c1-7-9(12)3-4-10-13-8(6-14(7)10)5-11(15)16-2/h3-4,6H,5H2,1-2H3. The zero-order valence-corrected chi connectivity index (χ0v) is 10.6. The maximum Gasteiger partial charge on any atom is 0.311 e. The highest BCUT2D eigenvalue weighted by atomic mass is 79.9. The summed E-state index contributed by atoms with van der Waals surface area (Å²) in [6.07, 6.45) is 2.06. The molecule has 0 fully saturated rings. The molecule has 16 heavy (non-hydrogen) atoms. The minimum atomic E-state index is -0.278. The molecule has 2 aromatic heterocycles. The summed E-state index contributed by atoms with van der Waals surface area (Å²) in [5, 5.41) is 0. The third-order valence-electron chi connectivity index (χ3n) is 2.42. The molecule has 2 heterocycles. The summed E-state index contributed by atoms with van der Waals surface area (Å²) in [5.74, 6) is -0.278. The average Bonchev–Trinajstić information content (AvgIpc) is 2.67. The van der Waals surface area contributed by atoms with E-state index in [0.29, 0.717) is 5.69 Å². The highest BCUT2D eigenvalue weighted by molar-refractivity contribution is 9.10. The number of imidazole rings is 1. The van der Waals surface area contributed by atoms with Crippen molar-refractivity contribution >= 4 is 27.5 Å². The molecule has 0 amide bonds. The minimum absolute atomic E-state index is 0.204. The van der Waals surface area contributed by atoms with Crippen LogP contribution in [0.2, 0.25) is 0 Å². The van der Waals surface area contributed by atoms with Crippen LogP contribution < -0.4 is 0 Å². The van der Waals surface area contributed by atoms with Gasteiger partial charge in [-0.2, -0.15) is 0 Å². The van der Waals surface area contributed by atoms with E-state index in [-0.39, 0.29) is 12.4 Å². The Hall–Kier alpha value is -1.36. The molecule has 5 heteroatoms. The smallest absolute Gasteiger partial charge is 0.311 e. The van der Waals surface area contributed by atoms with Crippen LogP contribution in [0.25, 0.3) is 5.65 Å². The van der Waals surface area contributed by atoms with Gasteiger partial charge in [-0.05, 0) is 35.0 Å². The first-order valence-electron chi connectivity index (χ1n) is 4.81. The van der Waals surface area contributed by atoms with Gasteiger partial charge < -0.3 is 9.14 Å². The molecule has 0 radical (unpaired) electrons. The number of fused-ring (bicyclic) bond motifs is 1. The first kappa shape index (κ1) is 11.1. The van der Waals surface area contributed by atoms with E-state index in [2.05, 4.69) is 25.7 Å². The van der Waals surface area contributed by atoms with E-state index in [1.54, 1.807) is 0 Å². The Balaban J connectivity index is 2.44. The van der Waals surface area contributed by atoms with E-state index >= 15 is 0 Å². The number of methoxy groups -OCH3 is 1. The summed E-state index contributed by atoms with van der Waals surface area (Å²) in [6, 6.07) is 3.84. The first-order chi connectivity index (χ1) is 7.61. The summed E-state index contributed by atoms with van der Waals surface area (Å²) in [5.41, 5.74) is 2.61. The van der Waals surface area contributed by atoms with E-state index in [9.17, 15) is 4.79 Å². The molecule has 84 valence electrons. The molecule has 0 saturated heterocycles. The number of aryl methyl sites for hydroxylation is 1. The van der Waals surface area contributed by atoms with E-state index in [1.807, 2.05) is 29.7 Å². The number of pyridine rings is 1. The third kappa shape index (κ3) is 1.95. The highest BCUT2D eigenvalue weighted by Gasteiger charge is 2.09. The van der Waals surface area contributed by atoms with Crippen LogP contribution in [-0.4, -0.2) is 22.5 Å². The Labute approximate surface area is 101 Å². The second kappa shape index (κ2) is 4.25. The van der Waals surface area contributed by atoms with Crippen LogP contribution in [-0.2, 0) is 16.0 Å². The van der Waals surface area contributed by atoms with Crippen molar-refractivity contribution in [2.24, 2.45) is 0 Å². The fourth-order valence-electron chi connectivity index (χ4n) is 1.52. The number of nitrogens with zero attached hydrogens (tertiary/aromatic N) is 2. The Morgan fingerprint density at radius 1 is 1.56 bits per heavy atom. The molecule has 4 nitrogen and oxygen atoms in total. The number of rotatable bonds is 2. The lowest BCUT2D eigenvalue weighted by atomic mass is 10.3. The molecule has 2 rings (SSSR count). The number of ether oxygens (including phenoxy) is 1. The van der Waals surface area contributed by atoms with Gasteiger partial charge in [-0.25, -0.2) is 4.98 Å². The van der Waals surface area contributed by atoms with E-state index in [1.165, 1.54) is 7.11 Å². The van der Waals surface area contributed by atoms with Crippen LogP contribution in [0.15, 0.2) is 22.8 Å². The lowest BCUT2D eigenvalue weighted by molar-refractivity contribution is -0.139. The van der Waals surface area contributed by atoms with Crippen LogP contribution in [0.4, 0.5) is 0 Å². The molecule has 0 bridgehead atoms. The van der Waals surface area contributed by atoms with Crippen LogP contribution in [0.3, 0.4) is 0 Å². The van der Waals surface area contributed by atoms with Crippen LogP contribution >= 0.6 is 15.9 Å². The minimum Gasteiger partial charge on any atom is -0.469 e. The van der Waals surface area contributed by atoms with Gasteiger partial charge >= 0.3 is 5.97 Å². The number of carbonyl (C=O) groups excluding carboxylic acids is 1. The fourth-order valence-corrected chi connectivity index (χ4v) is 1.84. The van der Waals surface area contributed by atoms with Gasteiger partial charge in [0, 0.05) is 16.4 Å². The van der Waals surface area contributed by atoms with Gasteiger partial charge in [0.15, 0.2) is 0 Å². The highest BCUT2D eigenvalue weighted by Crippen LogP contribution is 2.18. The van der Waals surface area contributed by atoms with E-state index in [4.69, 9.17) is 0 Å². The molecule has 0 saturated carbocycles. The number of carbonyl (C=O) groups is 1. The Bertz CT molecular complexity index is 548. The van der Waals surface area contributed by atoms with Gasteiger partial charge in [0.1, 0.15) is 5.65 Å². The van der Waals surface area contributed by atoms with Crippen molar-refractivity contribution in [3.8, 4) is 0 Å². The monoisotopic (exact) mass is 282 g/mol. The quantitative estimate of drug-likeness (QED) is 0.793. The number of aromatic nitrogens is 2. The van der Waals surface area contributed by atoms with Crippen molar-refractivity contribution in [3.63, 3.8) is 0 Å². The van der Waals surface area contributed by atoms with Crippen molar-refractivity contribution in [3.05, 3.63) is 34.2 Å². The van der Waals surface area contributed by atoms with Gasteiger partial charge in [-0.15, -0.1) is 0 Å². The average molecular weight is 283 g/mol. The van der Waals surface area contributed by atoms with Crippen molar-refractivity contribution in [2.45, 2.75) is 13.3 Å². The van der Waals surface area contributed by atoms with Crippen LogP contribution in [0.5, 0.6) is 0 Å². The Kier molecular flexibility index (Phi) is 2.96. The fraction of sp³-hybridized carbons (Fsp3) is 0.273. The molecular weight excluding hydrogens is 272 g/mol. The Morgan fingerprint density at radius 2 is 2.31 bits per heavy atom. The summed E-state index contributed by atoms with van der Waals surface area (Å²) >= 11 is 3.45. The normalized spacial score (nSPS) is 10.7. The Morgan fingerprint density at radius 3 is 3.00 bits per heavy atom. The zero-order valence-electron chi connectivity index (χ0n) is 9.03. The van der Waals surface area contributed by atoms with Crippen molar-refractivity contribution < 1.29 is 9.53 Å². The molecule has 0 unspecified atom stereocenters. The second-order valence-corrected chi connectivity index (χ2v) is 4.33. The zero-order chi connectivity index (χ0) is 11.7. The summed E-state index contributed by atoms with van der Waals surface area (Å²) < 4.78 is 7.57. The first-order valence-corrected chi connectivity index (χ1v) is 5.61. The van der Waals surface area contributed by atoms with Gasteiger partial charge in [0.05, 0.1) is 19.2 Å². The molecule has 0 aliphatic carbocycles. The van der Waals surface area contributed by atoms with Gasteiger partial charge in [-0.3, -0.25) is 4.79 Å². The van der Waals surface area contributed by atoms with Gasteiger partial charge in [0.25, 0.3) is 0 Å². The third-order valence-corrected chi connectivity index (χ3v) is 3.26. The van der Waals surface area contributed by atoms with Gasteiger partial charge in [0.2, 0.25) is 0 Å². The maximum atomic E-state index is 11.1. The molecule has 0 aliphatic rings. The molecule has 0 aliphatic heterocycles. The molecule has 2 aromatic rings. The predicted octanol–water partition coefficient (Wildman–Crippen LogP) is 2.12. The number of esters is 1. The van der Waals surface area contributed by atoms with Crippen molar-refractivity contribution in [1.29, 1.82) is 0 Å². The summed E-state index contributed by atoms with van der Waals surface area (Å²) in [4.78, 5) is 15.5. The lowest BCUT2D eigenvalue weighted by Gasteiger charge is -2.00. The molecular formula is C11H11BrN2O2. The van der Waals surface area contributed by atoms with Crippen molar-refractivity contribution in [1.82, 2.24) is 9.38 Å². The SMILES string of the molecule is COC(=O)Cc1cn2c(C)c(Br)ccc2n1. The molecule has 0 spiro atoms. The summed E-state index contributed by atoms with van der Waals surface area (Å²) in [7, 11) is 1.37. The van der Waals surface area contributed by atoms with E-state index < -0.39 is 0 Å².